The lowest BCUT2D eigenvalue weighted by Gasteiger charge is -2.08. The molecule has 0 saturated carbocycles. The van der Waals surface area contributed by atoms with Gasteiger partial charge in [0.25, 0.3) is 0 Å². The highest BCUT2D eigenvalue weighted by atomic mass is 32.1. The van der Waals surface area contributed by atoms with E-state index < -0.39 is 0 Å². The monoisotopic (exact) mass is 190 g/mol. The van der Waals surface area contributed by atoms with Crippen LogP contribution in [0.15, 0.2) is 0 Å². The molecule has 0 aliphatic rings. The molecular formula is C10H22OS. The quantitative estimate of drug-likeness (QED) is 0.445. The maximum absolute atomic E-state index is 9.45. The zero-order valence-corrected chi connectivity index (χ0v) is 9.02. The van der Waals surface area contributed by atoms with Crippen LogP contribution in [0.25, 0.3) is 0 Å². The summed E-state index contributed by atoms with van der Waals surface area (Å²) in [6, 6.07) is 0. The molecule has 1 N–H and O–H groups in total. The topological polar surface area (TPSA) is 20.2 Å². The van der Waals surface area contributed by atoms with Gasteiger partial charge in [0.05, 0.1) is 6.10 Å². The minimum absolute atomic E-state index is 0.0750. The van der Waals surface area contributed by atoms with Crippen molar-refractivity contribution >= 4 is 12.6 Å². The number of hydrogen-bond acceptors (Lipinski definition) is 2. The Hall–Kier alpha value is 0.310. The van der Waals surface area contributed by atoms with Crippen molar-refractivity contribution in [1.82, 2.24) is 0 Å². The lowest BCUT2D eigenvalue weighted by atomic mass is 10.1. The van der Waals surface area contributed by atoms with Gasteiger partial charge in [-0.05, 0) is 25.0 Å². The Balaban J connectivity index is 3.02. The Morgan fingerprint density at radius 1 is 1.08 bits per heavy atom. The first-order valence-electron chi connectivity index (χ1n) is 5.10. The van der Waals surface area contributed by atoms with Crippen molar-refractivity contribution in [2.75, 3.05) is 5.75 Å². The summed E-state index contributed by atoms with van der Waals surface area (Å²) in [4.78, 5) is 0. The summed E-state index contributed by atoms with van der Waals surface area (Å²) in [7, 11) is 0. The van der Waals surface area contributed by atoms with Gasteiger partial charge in [-0.2, -0.15) is 12.6 Å². The lowest BCUT2D eigenvalue weighted by Crippen LogP contribution is -2.06. The largest absolute Gasteiger partial charge is 0.393 e. The van der Waals surface area contributed by atoms with Crippen LogP contribution in [0.2, 0.25) is 0 Å². The molecule has 0 aliphatic carbocycles. The molecule has 2 heteroatoms. The minimum Gasteiger partial charge on any atom is -0.393 e. The van der Waals surface area contributed by atoms with E-state index >= 15 is 0 Å². The molecule has 0 spiro atoms. The number of aliphatic hydroxyl groups is 1. The SMILES string of the molecule is CCCCCCC(O)CCCS. The van der Waals surface area contributed by atoms with Crippen LogP contribution < -0.4 is 0 Å². The number of hydrogen-bond donors (Lipinski definition) is 2. The summed E-state index contributed by atoms with van der Waals surface area (Å²) in [5.74, 6) is 0.895. The van der Waals surface area contributed by atoms with Crippen molar-refractivity contribution in [2.45, 2.75) is 58.0 Å². The van der Waals surface area contributed by atoms with Gasteiger partial charge in [0.2, 0.25) is 0 Å². The number of thiol groups is 1. The molecule has 0 radical (unpaired) electrons. The molecule has 0 rings (SSSR count). The Labute approximate surface area is 82.0 Å². The summed E-state index contributed by atoms with van der Waals surface area (Å²) in [6.07, 6.45) is 7.90. The van der Waals surface area contributed by atoms with E-state index in [1.807, 2.05) is 0 Å². The summed E-state index contributed by atoms with van der Waals surface area (Å²) >= 11 is 4.11. The summed E-state index contributed by atoms with van der Waals surface area (Å²) in [5, 5.41) is 9.45. The Morgan fingerprint density at radius 2 is 1.75 bits per heavy atom. The number of rotatable bonds is 8. The maximum atomic E-state index is 9.45. The fraction of sp³-hybridized carbons (Fsp3) is 1.00. The number of unbranched alkanes of at least 4 members (excludes halogenated alkanes) is 3. The van der Waals surface area contributed by atoms with E-state index in [9.17, 15) is 5.11 Å². The number of aliphatic hydroxyl groups excluding tert-OH is 1. The lowest BCUT2D eigenvalue weighted by molar-refractivity contribution is 0.150. The van der Waals surface area contributed by atoms with E-state index in [0.717, 1.165) is 25.0 Å². The van der Waals surface area contributed by atoms with Crippen molar-refractivity contribution in [3.05, 3.63) is 0 Å². The molecule has 0 bridgehead atoms. The molecule has 0 heterocycles. The molecule has 0 saturated heterocycles. The zero-order valence-electron chi connectivity index (χ0n) is 8.13. The fourth-order valence-corrected chi connectivity index (χ4v) is 1.46. The van der Waals surface area contributed by atoms with Gasteiger partial charge in [0.15, 0.2) is 0 Å². The molecule has 0 fully saturated rings. The second-order valence-corrected chi connectivity index (χ2v) is 3.82. The first-order valence-corrected chi connectivity index (χ1v) is 5.73. The highest BCUT2D eigenvalue weighted by Gasteiger charge is 2.01. The minimum atomic E-state index is -0.0750. The Bertz CT molecular complexity index is 85.9. The van der Waals surface area contributed by atoms with E-state index in [4.69, 9.17) is 0 Å². The van der Waals surface area contributed by atoms with Gasteiger partial charge < -0.3 is 5.11 Å². The van der Waals surface area contributed by atoms with Crippen molar-refractivity contribution < 1.29 is 5.11 Å². The second-order valence-electron chi connectivity index (χ2n) is 3.37. The molecule has 0 aliphatic heterocycles. The molecule has 1 nitrogen and oxygen atoms in total. The highest BCUT2D eigenvalue weighted by molar-refractivity contribution is 7.80. The zero-order chi connectivity index (χ0) is 9.23. The van der Waals surface area contributed by atoms with Crippen LogP contribution in [0.4, 0.5) is 0 Å². The molecule has 12 heavy (non-hydrogen) atoms. The van der Waals surface area contributed by atoms with Crippen molar-refractivity contribution in [3.8, 4) is 0 Å². The Morgan fingerprint density at radius 3 is 2.33 bits per heavy atom. The molecule has 0 aromatic carbocycles. The Kier molecular flexibility index (Phi) is 9.64. The van der Waals surface area contributed by atoms with Gasteiger partial charge in [-0.1, -0.05) is 32.6 Å². The van der Waals surface area contributed by atoms with Crippen molar-refractivity contribution in [1.29, 1.82) is 0 Å². The van der Waals surface area contributed by atoms with Gasteiger partial charge >= 0.3 is 0 Å². The van der Waals surface area contributed by atoms with Crippen LogP contribution >= 0.6 is 12.6 Å². The predicted molar refractivity (Wildman–Crippen MR) is 57.9 cm³/mol. The molecule has 74 valence electrons. The van der Waals surface area contributed by atoms with E-state index in [-0.39, 0.29) is 6.10 Å². The first kappa shape index (κ1) is 12.3. The average molecular weight is 190 g/mol. The van der Waals surface area contributed by atoms with Crippen molar-refractivity contribution in [3.63, 3.8) is 0 Å². The maximum Gasteiger partial charge on any atom is 0.0540 e. The second kappa shape index (κ2) is 9.40. The molecular weight excluding hydrogens is 168 g/mol. The standard InChI is InChI=1S/C10H22OS/c1-2-3-4-5-7-10(11)8-6-9-12/h10-12H,2-9H2,1H3. The summed E-state index contributed by atoms with van der Waals surface area (Å²) in [5.41, 5.74) is 0. The van der Waals surface area contributed by atoms with Gasteiger partial charge in [-0.15, -0.1) is 0 Å². The average Bonchev–Trinajstić information content (AvgIpc) is 2.09. The molecule has 1 unspecified atom stereocenters. The molecule has 1 atom stereocenters. The van der Waals surface area contributed by atoms with E-state index in [0.29, 0.717) is 0 Å². The molecule has 0 amide bonds. The predicted octanol–water partition coefficient (Wildman–Crippen LogP) is 3.03. The fourth-order valence-electron chi connectivity index (χ4n) is 1.28. The summed E-state index contributed by atoms with van der Waals surface area (Å²) < 4.78 is 0. The van der Waals surface area contributed by atoms with E-state index in [2.05, 4.69) is 19.6 Å². The molecule has 0 aromatic rings. The van der Waals surface area contributed by atoms with Gasteiger partial charge in [-0.25, -0.2) is 0 Å². The third-order valence-corrected chi connectivity index (χ3v) is 2.40. The smallest absolute Gasteiger partial charge is 0.0540 e. The van der Waals surface area contributed by atoms with Crippen LogP contribution in [0.3, 0.4) is 0 Å². The first-order chi connectivity index (χ1) is 5.81. The third-order valence-electron chi connectivity index (χ3n) is 2.09. The van der Waals surface area contributed by atoms with Gasteiger partial charge in [-0.3, -0.25) is 0 Å². The van der Waals surface area contributed by atoms with Crippen molar-refractivity contribution in [2.24, 2.45) is 0 Å². The van der Waals surface area contributed by atoms with Crippen LogP contribution in [-0.4, -0.2) is 17.0 Å². The van der Waals surface area contributed by atoms with E-state index in [1.165, 1.54) is 25.7 Å². The van der Waals surface area contributed by atoms with Gasteiger partial charge in [0, 0.05) is 0 Å². The normalized spacial score (nSPS) is 13.2. The summed E-state index contributed by atoms with van der Waals surface area (Å²) in [6.45, 7) is 2.21. The van der Waals surface area contributed by atoms with Crippen LogP contribution in [-0.2, 0) is 0 Å². The van der Waals surface area contributed by atoms with E-state index in [1.54, 1.807) is 0 Å². The van der Waals surface area contributed by atoms with Crippen LogP contribution in [0.5, 0.6) is 0 Å². The van der Waals surface area contributed by atoms with Crippen LogP contribution in [0, 0.1) is 0 Å². The van der Waals surface area contributed by atoms with Gasteiger partial charge in [0.1, 0.15) is 0 Å². The van der Waals surface area contributed by atoms with Crippen LogP contribution in [0.1, 0.15) is 51.9 Å². The highest BCUT2D eigenvalue weighted by Crippen LogP contribution is 2.09. The third kappa shape index (κ3) is 8.41. The molecule has 0 aromatic heterocycles.